The molecule has 15 heavy (non-hydrogen) atoms. The highest BCUT2D eigenvalue weighted by Crippen LogP contribution is 2.13. The lowest BCUT2D eigenvalue weighted by molar-refractivity contribution is 0.557. The van der Waals surface area contributed by atoms with Gasteiger partial charge >= 0.3 is 0 Å². The Hall–Kier alpha value is -0.340. The summed E-state index contributed by atoms with van der Waals surface area (Å²) in [6, 6.07) is 8.76. The highest BCUT2D eigenvalue weighted by Gasteiger charge is 2.03. The first kappa shape index (κ1) is 12.7. The fourth-order valence-electron chi connectivity index (χ4n) is 1.68. The van der Waals surface area contributed by atoms with Gasteiger partial charge in [0.25, 0.3) is 0 Å². The van der Waals surface area contributed by atoms with Crippen molar-refractivity contribution in [2.45, 2.75) is 45.1 Å². The molecule has 84 valence electrons. The van der Waals surface area contributed by atoms with Crippen LogP contribution in [0, 0.1) is 0 Å². The van der Waals surface area contributed by atoms with Crippen LogP contribution in [0.5, 0.6) is 0 Å². The average molecular weight is 270 g/mol. The fourth-order valence-corrected chi connectivity index (χ4v) is 1.95. The second kappa shape index (κ2) is 7.02. The summed E-state index contributed by atoms with van der Waals surface area (Å²) in [5, 5.41) is 0. The monoisotopic (exact) mass is 269 g/mol. The highest BCUT2D eigenvalue weighted by atomic mass is 79.9. The van der Waals surface area contributed by atoms with Gasteiger partial charge in [0.05, 0.1) is 0 Å². The zero-order valence-corrected chi connectivity index (χ0v) is 11.0. The summed E-state index contributed by atoms with van der Waals surface area (Å²) in [5.74, 6) is 0. The Morgan fingerprint density at radius 3 is 2.47 bits per heavy atom. The van der Waals surface area contributed by atoms with Crippen molar-refractivity contribution in [2.24, 2.45) is 5.73 Å². The van der Waals surface area contributed by atoms with Crippen molar-refractivity contribution < 1.29 is 0 Å². The highest BCUT2D eigenvalue weighted by molar-refractivity contribution is 9.10. The van der Waals surface area contributed by atoms with E-state index in [1.807, 2.05) is 0 Å². The molecule has 0 fully saturated rings. The average Bonchev–Trinajstić information content (AvgIpc) is 2.22. The Labute approximate surface area is 101 Å². The van der Waals surface area contributed by atoms with Gasteiger partial charge in [-0.25, -0.2) is 0 Å². The summed E-state index contributed by atoms with van der Waals surface area (Å²) in [4.78, 5) is 0. The molecule has 0 spiro atoms. The van der Waals surface area contributed by atoms with Gasteiger partial charge in [-0.1, -0.05) is 54.2 Å². The van der Waals surface area contributed by atoms with Crippen LogP contribution in [0.3, 0.4) is 0 Å². The second-order valence-corrected chi connectivity index (χ2v) is 5.00. The molecule has 2 heteroatoms. The van der Waals surface area contributed by atoms with E-state index >= 15 is 0 Å². The lowest BCUT2D eigenvalue weighted by Crippen LogP contribution is -2.22. The van der Waals surface area contributed by atoms with Crippen LogP contribution in [0.2, 0.25) is 0 Å². The summed E-state index contributed by atoms with van der Waals surface area (Å²) in [6.07, 6.45) is 5.97. The molecule has 0 saturated carbocycles. The molecule has 0 saturated heterocycles. The van der Waals surface area contributed by atoms with Crippen LogP contribution in [0.25, 0.3) is 0 Å². The zero-order chi connectivity index (χ0) is 11.1. The molecule has 0 aliphatic heterocycles. The summed E-state index contributed by atoms with van der Waals surface area (Å²) in [5.41, 5.74) is 7.41. The Balaban J connectivity index is 2.31. The van der Waals surface area contributed by atoms with Crippen LogP contribution in [-0.2, 0) is 6.42 Å². The van der Waals surface area contributed by atoms with Crippen molar-refractivity contribution >= 4 is 15.9 Å². The number of halogens is 1. The Morgan fingerprint density at radius 1 is 1.20 bits per heavy atom. The van der Waals surface area contributed by atoms with Gasteiger partial charge in [0.1, 0.15) is 0 Å². The second-order valence-electron chi connectivity index (χ2n) is 4.09. The quantitative estimate of drug-likeness (QED) is 0.779. The summed E-state index contributed by atoms with van der Waals surface area (Å²) in [6.45, 7) is 2.22. The summed E-state index contributed by atoms with van der Waals surface area (Å²) < 4.78 is 1.13. The maximum atomic E-state index is 6.07. The molecule has 0 radical (unpaired) electrons. The molecule has 1 aromatic carbocycles. The van der Waals surface area contributed by atoms with E-state index in [0.29, 0.717) is 6.04 Å². The number of unbranched alkanes of at least 4 members (excludes halogenated alkanes) is 2. The Bertz CT molecular complexity index is 268. The number of hydrogen-bond acceptors (Lipinski definition) is 1. The van der Waals surface area contributed by atoms with Gasteiger partial charge < -0.3 is 5.73 Å². The van der Waals surface area contributed by atoms with E-state index in [-0.39, 0.29) is 0 Å². The molecule has 0 aromatic heterocycles. The number of nitrogens with two attached hydrogens (primary N) is 1. The molecule has 1 atom stereocenters. The molecule has 0 amide bonds. The van der Waals surface area contributed by atoms with Crippen molar-refractivity contribution in [1.82, 2.24) is 0 Å². The third-order valence-corrected chi connectivity index (χ3v) is 3.12. The molecule has 1 unspecified atom stereocenters. The Morgan fingerprint density at radius 2 is 1.87 bits per heavy atom. The summed E-state index contributed by atoms with van der Waals surface area (Å²) >= 11 is 3.43. The topological polar surface area (TPSA) is 26.0 Å². The first-order valence-electron chi connectivity index (χ1n) is 5.72. The van der Waals surface area contributed by atoms with E-state index in [9.17, 15) is 0 Å². The first-order valence-corrected chi connectivity index (χ1v) is 6.51. The van der Waals surface area contributed by atoms with E-state index < -0.39 is 0 Å². The predicted molar refractivity (Wildman–Crippen MR) is 70.0 cm³/mol. The van der Waals surface area contributed by atoms with Gasteiger partial charge in [-0.3, -0.25) is 0 Å². The molecule has 1 aromatic rings. The minimum absolute atomic E-state index is 0.317. The van der Waals surface area contributed by atoms with Gasteiger partial charge in [0, 0.05) is 10.5 Å². The minimum Gasteiger partial charge on any atom is -0.327 e. The molecule has 2 N–H and O–H groups in total. The van der Waals surface area contributed by atoms with Crippen LogP contribution >= 0.6 is 15.9 Å². The maximum Gasteiger partial charge on any atom is 0.0175 e. The smallest absolute Gasteiger partial charge is 0.0175 e. The van der Waals surface area contributed by atoms with Crippen molar-refractivity contribution in [3.05, 3.63) is 34.3 Å². The molecular formula is C13H20BrN. The van der Waals surface area contributed by atoms with Crippen molar-refractivity contribution in [2.75, 3.05) is 0 Å². The Kier molecular flexibility index (Phi) is 5.96. The normalized spacial score (nSPS) is 12.7. The SMILES string of the molecule is CCCCCC(N)Cc1ccc(Br)cc1. The van der Waals surface area contributed by atoms with Gasteiger partial charge in [0.15, 0.2) is 0 Å². The van der Waals surface area contributed by atoms with Crippen molar-refractivity contribution in [3.63, 3.8) is 0 Å². The zero-order valence-electron chi connectivity index (χ0n) is 9.38. The standard InChI is InChI=1S/C13H20BrN/c1-2-3-4-5-13(15)10-11-6-8-12(14)9-7-11/h6-9,13H,2-5,10,15H2,1H3. The minimum atomic E-state index is 0.317. The molecular weight excluding hydrogens is 250 g/mol. The third-order valence-electron chi connectivity index (χ3n) is 2.59. The molecule has 0 aliphatic carbocycles. The molecule has 0 heterocycles. The number of benzene rings is 1. The van der Waals surface area contributed by atoms with Crippen LogP contribution in [-0.4, -0.2) is 6.04 Å². The van der Waals surface area contributed by atoms with Crippen LogP contribution in [0.15, 0.2) is 28.7 Å². The van der Waals surface area contributed by atoms with Crippen LogP contribution < -0.4 is 5.73 Å². The van der Waals surface area contributed by atoms with Crippen LogP contribution in [0.4, 0.5) is 0 Å². The number of hydrogen-bond donors (Lipinski definition) is 1. The van der Waals surface area contributed by atoms with Crippen molar-refractivity contribution in [1.29, 1.82) is 0 Å². The van der Waals surface area contributed by atoms with Gasteiger partial charge in [-0.05, 0) is 30.5 Å². The van der Waals surface area contributed by atoms with Gasteiger partial charge in [-0.15, -0.1) is 0 Å². The predicted octanol–water partition coefficient (Wildman–Crippen LogP) is 3.90. The molecule has 0 bridgehead atoms. The largest absolute Gasteiger partial charge is 0.327 e. The molecule has 0 aliphatic rings. The van der Waals surface area contributed by atoms with E-state index in [0.717, 1.165) is 17.3 Å². The van der Waals surface area contributed by atoms with Gasteiger partial charge in [-0.2, -0.15) is 0 Å². The lowest BCUT2D eigenvalue weighted by atomic mass is 10.0. The molecule has 1 nitrogen and oxygen atoms in total. The third kappa shape index (κ3) is 5.33. The van der Waals surface area contributed by atoms with Gasteiger partial charge in [0.2, 0.25) is 0 Å². The molecule has 1 rings (SSSR count). The fraction of sp³-hybridized carbons (Fsp3) is 0.538. The van der Waals surface area contributed by atoms with E-state index in [2.05, 4.69) is 47.1 Å². The summed E-state index contributed by atoms with van der Waals surface area (Å²) in [7, 11) is 0. The van der Waals surface area contributed by atoms with Crippen molar-refractivity contribution in [3.8, 4) is 0 Å². The van der Waals surface area contributed by atoms with E-state index in [4.69, 9.17) is 5.73 Å². The lowest BCUT2D eigenvalue weighted by Gasteiger charge is -2.11. The van der Waals surface area contributed by atoms with E-state index in [1.165, 1.54) is 24.8 Å². The van der Waals surface area contributed by atoms with E-state index in [1.54, 1.807) is 0 Å². The maximum absolute atomic E-state index is 6.07. The number of rotatable bonds is 6. The first-order chi connectivity index (χ1) is 7.22. The van der Waals surface area contributed by atoms with Crippen LogP contribution in [0.1, 0.15) is 38.2 Å².